The molecule has 0 N–H and O–H groups in total. The Morgan fingerprint density at radius 2 is 1.44 bits per heavy atom. The molecule has 39 heavy (non-hydrogen) atoms. The number of carbonyl (C=O) groups excluding carboxylic acids is 1. The van der Waals surface area contributed by atoms with Crippen LogP contribution in [0.3, 0.4) is 0 Å². The molecule has 4 aromatic carbocycles. The van der Waals surface area contributed by atoms with Crippen molar-refractivity contribution in [2.75, 3.05) is 4.90 Å². The maximum absolute atomic E-state index is 13.8. The van der Waals surface area contributed by atoms with E-state index >= 15 is 0 Å². The maximum atomic E-state index is 13.8. The molecule has 1 aliphatic heterocycles. The molecule has 1 fully saturated rings. The van der Waals surface area contributed by atoms with Crippen LogP contribution in [0.5, 0.6) is 5.75 Å². The fourth-order valence-electron chi connectivity index (χ4n) is 4.02. The Labute approximate surface area is 250 Å². The summed E-state index contributed by atoms with van der Waals surface area (Å²) < 4.78 is 7.96. The third-order valence-corrected chi connectivity index (χ3v) is 8.20. The lowest BCUT2D eigenvalue weighted by Gasteiger charge is -2.16. The summed E-state index contributed by atoms with van der Waals surface area (Å²) >= 11 is 8.60. The van der Waals surface area contributed by atoms with Gasteiger partial charge < -0.3 is 4.74 Å². The fourth-order valence-corrected chi connectivity index (χ4v) is 6.39. The minimum atomic E-state index is -0.129. The first kappa shape index (κ1) is 27.4. The molecular weight excluding hydrogens is 636 g/mol. The van der Waals surface area contributed by atoms with Gasteiger partial charge in [0, 0.05) is 10.0 Å². The molecular formula is C32H26Br2N2O2S. The molecule has 7 heteroatoms. The number of aliphatic imine (C=N–C) groups is 1. The topological polar surface area (TPSA) is 41.9 Å². The van der Waals surface area contributed by atoms with Gasteiger partial charge in [-0.15, -0.1) is 0 Å². The van der Waals surface area contributed by atoms with E-state index in [-0.39, 0.29) is 5.91 Å². The second kappa shape index (κ2) is 11.9. The van der Waals surface area contributed by atoms with Gasteiger partial charge in [0.25, 0.3) is 5.91 Å². The molecule has 0 aromatic heterocycles. The second-order valence-electron chi connectivity index (χ2n) is 9.40. The summed E-state index contributed by atoms with van der Waals surface area (Å²) in [5.41, 5.74) is 6.91. The van der Waals surface area contributed by atoms with Crippen molar-refractivity contribution in [1.29, 1.82) is 0 Å². The lowest BCUT2D eigenvalue weighted by Crippen LogP contribution is -2.28. The van der Waals surface area contributed by atoms with E-state index in [1.54, 1.807) is 4.90 Å². The largest absolute Gasteiger partial charge is 0.487 e. The van der Waals surface area contributed by atoms with Gasteiger partial charge in [-0.05, 0) is 96.5 Å². The van der Waals surface area contributed by atoms with E-state index in [4.69, 9.17) is 9.73 Å². The molecule has 5 rings (SSSR count). The number of ether oxygens (including phenoxy) is 1. The fraction of sp³-hybridized carbons (Fsp3) is 0.125. The highest BCUT2D eigenvalue weighted by Gasteiger charge is 2.35. The number of amides is 1. The number of hydrogen-bond donors (Lipinski definition) is 0. The lowest BCUT2D eigenvalue weighted by molar-refractivity contribution is -0.113. The number of amidine groups is 1. The summed E-state index contributed by atoms with van der Waals surface area (Å²) in [5, 5.41) is 0.607. The predicted octanol–water partition coefficient (Wildman–Crippen LogP) is 9.52. The zero-order valence-electron chi connectivity index (χ0n) is 21.7. The van der Waals surface area contributed by atoms with Crippen molar-refractivity contribution in [3.05, 3.63) is 127 Å². The first-order chi connectivity index (χ1) is 18.8. The number of thioether (sulfide) groups is 1. The molecule has 196 valence electrons. The van der Waals surface area contributed by atoms with Gasteiger partial charge in [-0.2, -0.15) is 0 Å². The molecule has 1 aliphatic rings. The van der Waals surface area contributed by atoms with Gasteiger partial charge in [0.15, 0.2) is 5.17 Å². The number of rotatable bonds is 6. The Kier molecular flexibility index (Phi) is 8.40. The molecule has 1 amide bonds. The minimum absolute atomic E-state index is 0.129. The Morgan fingerprint density at radius 3 is 2.08 bits per heavy atom. The summed E-state index contributed by atoms with van der Waals surface area (Å²) in [6.07, 6.45) is 1.88. The van der Waals surface area contributed by atoms with E-state index in [2.05, 4.69) is 63.0 Å². The van der Waals surface area contributed by atoms with Crippen LogP contribution in [0.15, 0.2) is 104 Å². The summed E-state index contributed by atoms with van der Waals surface area (Å²) in [6, 6.07) is 28.0. The monoisotopic (exact) mass is 660 g/mol. The normalized spacial score (nSPS) is 15.4. The average molecular weight is 662 g/mol. The Hall–Kier alpha value is -3.13. The van der Waals surface area contributed by atoms with Gasteiger partial charge in [-0.25, -0.2) is 4.99 Å². The maximum Gasteiger partial charge on any atom is 0.271 e. The molecule has 0 unspecified atom stereocenters. The number of hydrogen-bond acceptors (Lipinski definition) is 4. The lowest BCUT2D eigenvalue weighted by atomic mass is 10.1. The SMILES string of the molecule is Cc1ccc(COc2c(Br)cc(Br)cc2/C=C2\SC(=Nc3ccc(C)cc3)N(c3ccc(C)cc3)C2=O)cc1. The molecule has 0 radical (unpaired) electrons. The number of nitrogens with zero attached hydrogens (tertiary/aromatic N) is 2. The minimum Gasteiger partial charge on any atom is -0.487 e. The van der Waals surface area contributed by atoms with Crippen LogP contribution in [0.25, 0.3) is 6.08 Å². The number of benzene rings is 4. The third kappa shape index (κ3) is 6.55. The molecule has 1 saturated heterocycles. The van der Waals surface area contributed by atoms with E-state index in [0.717, 1.165) is 42.6 Å². The van der Waals surface area contributed by atoms with Crippen LogP contribution in [0.2, 0.25) is 0 Å². The van der Waals surface area contributed by atoms with E-state index in [9.17, 15) is 4.79 Å². The van der Waals surface area contributed by atoms with Gasteiger partial charge in [0.1, 0.15) is 12.4 Å². The molecule has 0 aliphatic carbocycles. The van der Waals surface area contributed by atoms with Gasteiger partial charge in [-0.1, -0.05) is 81.2 Å². The molecule has 1 heterocycles. The van der Waals surface area contributed by atoms with Gasteiger partial charge >= 0.3 is 0 Å². The van der Waals surface area contributed by atoms with Gasteiger partial charge in [0.2, 0.25) is 0 Å². The van der Waals surface area contributed by atoms with Crippen LogP contribution in [-0.4, -0.2) is 11.1 Å². The standard InChI is InChI=1S/C32H26Br2N2O2S/c1-20-4-10-23(11-5-20)19-38-30-24(16-25(33)18-28(30)34)17-29-31(37)36(27-14-8-22(3)9-15-27)32(39-29)35-26-12-6-21(2)7-13-26/h4-18H,19H2,1-3H3/b29-17-,35-32?. The van der Waals surface area contributed by atoms with Crippen molar-refractivity contribution in [3.63, 3.8) is 0 Å². The number of halogens is 2. The molecule has 0 saturated carbocycles. The highest BCUT2D eigenvalue weighted by molar-refractivity contribution is 9.11. The molecule has 4 aromatic rings. The zero-order chi connectivity index (χ0) is 27.5. The summed E-state index contributed by atoms with van der Waals surface area (Å²) in [4.78, 5) is 20.9. The van der Waals surface area contributed by atoms with Gasteiger partial charge in [-0.3, -0.25) is 9.69 Å². The summed E-state index contributed by atoms with van der Waals surface area (Å²) in [7, 11) is 0. The van der Waals surface area contributed by atoms with Crippen LogP contribution in [0, 0.1) is 20.8 Å². The highest BCUT2D eigenvalue weighted by Crippen LogP contribution is 2.41. The third-order valence-electron chi connectivity index (χ3n) is 6.18. The molecule has 0 spiro atoms. The number of carbonyl (C=O) groups is 1. The number of aryl methyl sites for hydroxylation is 3. The van der Waals surface area contributed by atoms with Crippen molar-refractivity contribution in [2.45, 2.75) is 27.4 Å². The number of anilines is 1. The van der Waals surface area contributed by atoms with E-state index in [1.165, 1.54) is 17.3 Å². The van der Waals surface area contributed by atoms with Crippen molar-refractivity contribution >= 4 is 72.1 Å². The summed E-state index contributed by atoms with van der Waals surface area (Å²) in [5.74, 6) is 0.542. The van der Waals surface area contributed by atoms with E-state index < -0.39 is 0 Å². The highest BCUT2D eigenvalue weighted by atomic mass is 79.9. The van der Waals surface area contributed by atoms with Crippen LogP contribution < -0.4 is 9.64 Å². The van der Waals surface area contributed by atoms with Crippen molar-refractivity contribution in [1.82, 2.24) is 0 Å². The van der Waals surface area contributed by atoms with E-state index in [1.807, 2.05) is 80.6 Å². The Morgan fingerprint density at radius 1 is 0.846 bits per heavy atom. The molecule has 0 atom stereocenters. The van der Waals surface area contributed by atoms with E-state index in [0.29, 0.717) is 22.4 Å². The summed E-state index contributed by atoms with van der Waals surface area (Å²) in [6.45, 7) is 6.54. The Balaban J connectivity index is 1.53. The van der Waals surface area contributed by atoms with Crippen molar-refractivity contribution < 1.29 is 9.53 Å². The molecule has 4 nitrogen and oxygen atoms in total. The smallest absolute Gasteiger partial charge is 0.271 e. The first-order valence-corrected chi connectivity index (χ1v) is 14.8. The zero-order valence-corrected chi connectivity index (χ0v) is 25.7. The van der Waals surface area contributed by atoms with Crippen LogP contribution >= 0.6 is 43.6 Å². The van der Waals surface area contributed by atoms with Crippen LogP contribution in [-0.2, 0) is 11.4 Å². The first-order valence-electron chi connectivity index (χ1n) is 12.4. The van der Waals surface area contributed by atoms with Gasteiger partial charge in [0.05, 0.1) is 20.8 Å². The predicted molar refractivity (Wildman–Crippen MR) is 170 cm³/mol. The quantitative estimate of drug-likeness (QED) is 0.193. The average Bonchev–Trinajstić information content (AvgIpc) is 3.20. The second-order valence-corrected chi connectivity index (χ2v) is 12.2. The van der Waals surface area contributed by atoms with Crippen LogP contribution in [0.1, 0.15) is 27.8 Å². The van der Waals surface area contributed by atoms with Crippen molar-refractivity contribution in [2.24, 2.45) is 4.99 Å². The molecule has 0 bridgehead atoms. The van der Waals surface area contributed by atoms with Crippen LogP contribution in [0.4, 0.5) is 11.4 Å². The van der Waals surface area contributed by atoms with Crippen molar-refractivity contribution in [3.8, 4) is 5.75 Å². The Bertz CT molecular complexity index is 1580.